The first-order valence-corrected chi connectivity index (χ1v) is 7.42. The van der Waals surface area contributed by atoms with E-state index in [1.807, 2.05) is 0 Å². The molecule has 0 saturated carbocycles. The molecule has 7 heteroatoms. The van der Waals surface area contributed by atoms with Gasteiger partial charge in [0.05, 0.1) is 6.61 Å². The van der Waals surface area contributed by atoms with Crippen molar-refractivity contribution >= 4 is 12.1 Å². The lowest BCUT2D eigenvalue weighted by Crippen LogP contribution is -2.60. The predicted molar refractivity (Wildman–Crippen MR) is 76.7 cm³/mol. The quantitative estimate of drug-likeness (QED) is 0.577. The van der Waals surface area contributed by atoms with Gasteiger partial charge in [-0.15, -0.1) is 0 Å². The van der Waals surface area contributed by atoms with Gasteiger partial charge in [-0.25, -0.2) is 18.4 Å². The van der Waals surface area contributed by atoms with Crippen LogP contribution in [0.4, 0.5) is 13.6 Å². The molecule has 0 heterocycles. The summed E-state index contributed by atoms with van der Waals surface area (Å²) in [5, 5.41) is 0. The number of allylic oxidation sites excluding steroid dienone is 1. The van der Waals surface area contributed by atoms with Gasteiger partial charge in [0.1, 0.15) is 0 Å². The van der Waals surface area contributed by atoms with E-state index >= 15 is 0 Å². The molecule has 5 nitrogen and oxygen atoms in total. The molecular formula is C15H23F2NO4. The van der Waals surface area contributed by atoms with E-state index in [4.69, 9.17) is 9.47 Å². The van der Waals surface area contributed by atoms with E-state index in [1.165, 1.54) is 17.9 Å². The number of ether oxygens (including phenoxy) is 2. The van der Waals surface area contributed by atoms with Gasteiger partial charge < -0.3 is 14.4 Å². The highest BCUT2D eigenvalue weighted by Crippen LogP contribution is 2.45. The summed E-state index contributed by atoms with van der Waals surface area (Å²) in [6.45, 7) is 7.00. The second kappa shape index (κ2) is 7.07. The van der Waals surface area contributed by atoms with Crippen LogP contribution in [0.1, 0.15) is 40.5 Å². The fraction of sp³-hybridized carbons (Fsp3) is 0.733. The molecule has 1 amide bonds. The minimum Gasteiger partial charge on any atom is -0.463 e. The van der Waals surface area contributed by atoms with Crippen LogP contribution in [0.5, 0.6) is 0 Å². The van der Waals surface area contributed by atoms with Crippen LogP contribution in [-0.2, 0) is 14.3 Å². The highest BCUT2D eigenvalue weighted by atomic mass is 19.3. The molecule has 0 bridgehead atoms. The van der Waals surface area contributed by atoms with Crippen molar-refractivity contribution in [2.45, 2.75) is 52.1 Å². The highest BCUT2D eigenvalue weighted by molar-refractivity contribution is 5.85. The lowest BCUT2D eigenvalue weighted by Gasteiger charge is -2.40. The lowest BCUT2D eigenvalue weighted by molar-refractivity contribution is -0.214. The van der Waals surface area contributed by atoms with Crippen LogP contribution >= 0.6 is 0 Å². The average molecular weight is 319 g/mol. The summed E-state index contributed by atoms with van der Waals surface area (Å²) in [5.74, 6) is -4.72. The van der Waals surface area contributed by atoms with Crippen LogP contribution in [0.2, 0.25) is 0 Å². The molecule has 0 spiro atoms. The largest absolute Gasteiger partial charge is 0.463 e. The first-order chi connectivity index (χ1) is 10.2. The van der Waals surface area contributed by atoms with Crippen molar-refractivity contribution in [3.05, 3.63) is 11.6 Å². The molecule has 1 atom stereocenters. The highest BCUT2D eigenvalue weighted by Gasteiger charge is 2.64. The van der Waals surface area contributed by atoms with Gasteiger partial charge in [-0.3, -0.25) is 0 Å². The van der Waals surface area contributed by atoms with Crippen LogP contribution in [0.3, 0.4) is 0 Å². The Bertz CT molecular complexity index is 460. The normalized spacial score (nSPS) is 23.5. The number of nitrogens with zero attached hydrogens (tertiary/aromatic N) is 1. The molecule has 0 fully saturated rings. The Morgan fingerprint density at radius 1 is 1.27 bits per heavy atom. The molecule has 1 aliphatic carbocycles. The van der Waals surface area contributed by atoms with E-state index < -0.39 is 36.4 Å². The van der Waals surface area contributed by atoms with Crippen molar-refractivity contribution in [1.82, 2.24) is 4.90 Å². The van der Waals surface area contributed by atoms with E-state index in [2.05, 4.69) is 0 Å². The van der Waals surface area contributed by atoms with Crippen LogP contribution in [0.25, 0.3) is 0 Å². The summed E-state index contributed by atoms with van der Waals surface area (Å²) in [7, 11) is 0. The third-order valence-electron chi connectivity index (χ3n) is 3.72. The number of carbonyl (C=O) groups is 2. The molecule has 0 aromatic carbocycles. The van der Waals surface area contributed by atoms with Crippen molar-refractivity contribution < 1.29 is 27.8 Å². The number of alkyl halides is 2. The summed E-state index contributed by atoms with van der Waals surface area (Å²) in [4.78, 5) is 25.5. The predicted octanol–water partition coefficient (Wildman–Crippen LogP) is 3.14. The van der Waals surface area contributed by atoms with Gasteiger partial charge in [-0.2, -0.15) is 0 Å². The Kier molecular flexibility index (Phi) is 5.91. The van der Waals surface area contributed by atoms with E-state index in [0.29, 0.717) is 18.7 Å². The Morgan fingerprint density at radius 2 is 1.86 bits per heavy atom. The average Bonchev–Trinajstić information content (AvgIpc) is 2.43. The smallest absolute Gasteiger partial charge is 0.411 e. The maximum absolute atomic E-state index is 14.5. The van der Waals surface area contributed by atoms with Gasteiger partial charge in [-0.1, -0.05) is 11.6 Å². The minimum atomic E-state index is -3.51. The number of hydrogen-bond donors (Lipinski definition) is 0. The van der Waals surface area contributed by atoms with Crippen LogP contribution in [-0.4, -0.2) is 48.2 Å². The van der Waals surface area contributed by atoms with Crippen molar-refractivity contribution in [1.29, 1.82) is 0 Å². The lowest BCUT2D eigenvalue weighted by atomic mass is 9.82. The van der Waals surface area contributed by atoms with Gasteiger partial charge >= 0.3 is 18.0 Å². The molecule has 1 aliphatic rings. The minimum absolute atomic E-state index is 0.0673. The second-order valence-corrected chi connectivity index (χ2v) is 5.22. The number of carbonyl (C=O) groups excluding carboxylic acids is 2. The van der Waals surface area contributed by atoms with Crippen molar-refractivity contribution in [3.8, 4) is 0 Å². The van der Waals surface area contributed by atoms with E-state index in [-0.39, 0.29) is 6.61 Å². The van der Waals surface area contributed by atoms with Crippen molar-refractivity contribution in [3.63, 3.8) is 0 Å². The molecule has 0 unspecified atom stereocenters. The number of esters is 1. The summed E-state index contributed by atoms with van der Waals surface area (Å²) < 4.78 is 38.9. The molecule has 0 aromatic rings. The first-order valence-electron chi connectivity index (χ1n) is 7.42. The maximum Gasteiger partial charge on any atom is 0.411 e. The fourth-order valence-corrected chi connectivity index (χ4v) is 2.37. The maximum atomic E-state index is 14.5. The molecular weight excluding hydrogens is 296 g/mol. The standard InChI is InChI=1S/C15H23F2NO4/c1-5-18(6-2)13(20)22-14(12(19)21-7-3)9-8-11(4)10-15(14,16)17/h8H,5-7,9-10H2,1-4H3/t14-/m0/s1. The molecule has 126 valence electrons. The van der Waals surface area contributed by atoms with Gasteiger partial charge in [0.25, 0.3) is 5.60 Å². The van der Waals surface area contributed by atoms with Crippen LogP contribution in [0, 0.1) is 0 Å². The molecule has 0 N–H and O–H groups in total. The third kappa shape index (κ3) is 3.39. The number of rotatable bonds is 5. The van der Waals surface area contributed by atoms with Gasteiger partial charge in [0.15, 0.2) is 0 Å². The van der Waals surface area contributed by atoms with Crippen LogP contribution < -0.4 is 0 Å². The molecule has 0 radical (unpaired) electrons. The Hall–Kier alpha value is -1.66. The topological polar surface area (TPSA) is 55.8 Å². The Balaban J connectivity index is 3.19. The summed E-state index contributed by atoms with van der Waals surface area (Å²) in [6.07, 6.45) is -0.482. The second-order valence-electron chi connectivity index (χ2n) is 5.22. The van der Waals surface area contributed by atoms with Gasteiger partial charge in [0.2, 0.25) is 0 Å². The Labute approximate surface area is 129 Å². The van der Waals surface area contributed by atoms with E-state index in [0.717, 1.165) is 0 Å². The monoisotopic (exact) mass is 319 g/mol. The summed E-state index contributed by atoms with van der Waals surface area (Å²) in [6, 6.07) is 0. The molecule has 0 aromatic heterocycles. The summed E-state index contributed by atoms with van der Waals surface area (Å²) >= 11 is 0. The van der Waals surface area contributed by atoms with E-state index in [9.17, 15) is 18.4 Å². The zero-order valence-corrected chi connectivity index (χ0v) is 13.4. The number of hydrogen-bond acceptors (Lipinski definition) is 4. The van der Waals surface area contributed by atoms with Gasteiger partial charge in [-0.05, 0) is 27.7 Å². The zero-order valence-electron chi connectivity index (χ0n) is 13.4. The van der Waals surface area contributed by atoms with Crippen LogP contribution in [0.15, 0.2) is 11.6 Å². The van der Waals surface area contributed by atoms with Crippen molar-refractivity contribution in [2.24, 2.45) is 0 Å². The van der Waals surface area contributed by atoms with E-state index in [1.54, 1.807) is 20.8 Å². The molecule has 22 heavy (non-hydrogen) atoms. The molecule has 1 rings (SSSR count). The third-order valence-corrected chi connectivity index (χ3v) is 3.72. The zero-order chi connectivity index (χ0) is 17.0. The molecule has 0 aliphatic heterocycles. The van der Waals surface area contributed by atoms with Gasteiger partial charge in [0, 0.05) is 25.9 Å². The fourth-order valence-electron chi connectivity index (χ4n) is 2.37. The first kappa shape index (κ1) is 18.4. The SMILES string of the molecule is CCOC(=O)[C@@]1(OC(=O)N(CC)CC)CC=C(C)CC1(F)F. The van der Waals surface area contributed by atoms with Crippen molar-refractivity contribution in [2.75, 3.05) is 19.7 Å². The Morgan fingerprint density at radius 3 is 2.32 bits per heavy atom. The summed E-state index contributed by atoms with van der Waals surface area (Å²) in [5.41, 5.74) is -2.15. The number of amides is 1. The molecule has 0 saturated heterocycles. The number of halogens is 2.